The molecule has 174 valence electrons. The summed E-state index contributed by atoms with van der Waals surface area (Å²) in [6, 6.07) is 15.4. The number of hydrogen-bond acceptors (Lipinski definition) is 4. The van der Waals surface area contributed by atoms with Crippen molar-refractivity contribution in [2.75, 3.05) is 13.2 Å². The molecule has 7 heteroatoms. The molecule has 2 N–H and O–H groups in total. The Morgan fingerprint density at radius 1 is 1.06 bits per heavy atom. The molecule has 1 aliphatic carbocycles. The smallest absolute Gasteiger partial charge is 0.407 e. The van der Waals surface area contributed by atoms with Gasteiger partial charge in [0.15, 0.2) is 0 Å². The fourth-order valence-electron chi connectivity index (χ4n) is 5.01. The molecular weight excluding hydrogens is 420 g/mol. The third kappa shape index (κ3) is 5.02. The summed E-state index contributed by atoms with van der Waals surface area (Å²) in [5, 5.41) is 11.7. The summed E-state index contributed by atoms with van der Waals surface area (Å²) in [7, 11) is 0. The predicted molar refractivity (Wildman–Crippen MR) is 124 cm³/mol. The van der Waals surface area contributed by atoms with Gasteiger partial charge in [0, 0.05) is 24.9 Å². The number of benzene rings is 2. The molecule has 1 heterocycles. The molecule has 0 saturated carbocycles. The molecule has 0 radical (unpaired) electrons. The zero-order valence-corrected chi connectivity index (χ0v) is 18.8. The Morgan fingerprint density at radius 3 is 2.33 bits per heavy atom. The first-order valence-corrected chi connectivity index (χ1v) is 11.6. The molecule has 1 saturated heterocycles. The number of ether oxygens (including phenoxy) is 1. The van der Waals surface area contributed by atoms with E-state index in [1.54, 1.807) is 11.8 Å². The normalized spacial score (nSPS) is 18.2. The highest BCUT2D eigenvalue weighted by atomic mass is 16.5. The van der Waals surface area contributed by atoms with Crippen LogP contribution in [-0.4, -0.2) is 53.2 Å². The molecule has 7 nitrogen and oxygen atoms in total. The maximum Gasteiger partial charge on any atom is 0.407 e. The molecule has 4 rings (SSSR count). The number of nitrogens with one attached hydrogen (secondary N) is 1. The second-order valence-corrected chi connectivity index (χ2v) is 8.81. The van der Waals surface area contributed by atoms with Gasteiger partial charge in [0.1, 0.15) is 12.6 Å². The predicted octanol–water partition coefficient (Wildman–Crippen LogP) is 4.16. The highest BCUT2D eigenvalue weighted by molar-refractivity contribution is 5.86. The molecule has 33 heavy (non-hydrogen) atoms. The van der Waals surface area contributed by atoms with E-state index in [4.69, 9.17) is 9.84 Å². The summed E-state index contributed by atoms with van der Waals surface area (Å²) in [6.07, 6.45) is 2.48. The van der Waals surface area contributed by atoms with Crippen molar-refractivity contribution in [3.63, 3.8) is 0 Å². The number of fused-ring (bicyclic) bond motifs is 3. The summed E-state index contributed by atoms with van der Waals surface area (Å²) in [6.45, 7) is 2.41. The molecule has 0 spiro atoms. The third-order valence-electron chi connectivity index (χ3n) is 6.65. The first-order valence-electron chi connectivity index (χ1n) is 11.6. The standard InChI is InChI=1S/C26H30N2O5/c1-17(25(31)28-15-7-6-8-18(28)13-14-24(29)30)27-26(32)33-16-23-21-11-4-2-9-19(21)20-10-3-5-12-22(20)23/h2-5,9-12,17-18,23H,6-8,13-16H2,1H3,(H,27,32)(H,29,30)/t17-,18?/m0/s1. The topological polar surface area (TPSA) is 95.9 Å². The minimum absolute atomic E-state index is 0.0304. The molecule has 0 bridgehead atoms. The van der Waals surface area contributed by atoms with Crippen LogP contribution in [0.1, 0.15) is 56.1 Å². The van der Waals surface area contributed by atoms with Crippen LogP contribution in [-0.2, 0) is 14.3 Å². The third-order valence-corrected chi connectivity index (χ3v) is 6.65. The molecule has 2 atom stereocenters. The van der Waals surface area contributed by atoms with Gasteiger partial charge in [-0.1, -0.05) is 48.5 Å². The van der Waals surface area contributed by atoms with E-state index in [0.717, 1.165) is 41.5 Å². The van der Waals surface area contributed by atoms with E-state index in [1.807, 2.05) is 24.3 Å². The Kier molecular flexibility index (Phi) is 6.96. The van der Waals surface area contributed by atoms with Gasteiger partial charge in [-0.05, 0) is 54.9 Å². The number of carboxylic acids is 1. The monoisotopic (exact) mass is 450 g/mol. The van der Waals surface area contributed by atoms with Crippen LogP contribution in [0.3, 0.4) is 0 Å². The van der Waals surface area contributed by atoms with Crippen LogP contribution in [0, 0.1) is 0 Å². The van der Waals surface area contributed by atoms with E-state index in [9.17, 15) is 14.4 Å². The van der Waals surface area contributed by atoms with Crippen molar-refractivity contribution in [3.8, 4) is 11.1 Å². The van der Waals surface area contributed by atoms with Crippen LogP contribution >= 0.6 is 0 Å². The molecule has 1 fully saturated rings. The van der Waals surface area contributed by atoms with E-state index in [-0.39, 0.29) is 30.9 Å². The number of hydrogen-bond donors (Lipinski definition) is 2. The summed E-state index contributed by atoms with van der Waals surface area (Å²) >= 11 is 0. The summed E-state index contributed by atoms with van der Waals surface area (Å²) in [5.41, 5.74) is 4.57. The lowest BCUT2D eigenvalue weighted by atomic mass is 9.97. The number of carbonyl (C=O) groups is 3. The van der Waals surface area contributed by atoms with Crippen molar-refractivity contribution in [3.05, 3.63) is 59.7 Å². The number of likely N-dealkylation sites (tertiary alicyclic amines) is 1. The van der Waals surface area contributed by atoms with Gasteiger partial charge in [-0.15, -0.1) is 0 Å². The SMILES string of the molecule is C[C@H](NC(=O)OCC1c2ccccc2-c2ccccc21)C(=O)N1CCCCC1CCC(=O)O. The maximum atomic E-state index is 13.0. The van der Waals surface area contributed by atoms with Crippen LogP contribution in [0.25, 0.3) is 11.1 Å². The highest BCUT2D eigenvalue weighted by Gasteiger charge is 2.32. The second-order valence-electron chi connectivity index (χ2n) is 8.81. The van der Waals surface area contributed by atoms with Crippen LogP contribution < -0.4 is 5.32 Å². The van der Waals surface area contributed by atoms with Crippen LogP contribution in [0.15, 0.2) is 48.5 Å². The maximum absolute atomic E-state index is 13.0. The highest BCUT2D eigenvalue weighted by Crippen LogP contribution is 2.44. The number of nitrogens with zero attached hydrogens (tertiary/aromatic N) is 1. The fraction of sp³-hybridized carbons (Fsp3) is 0.423. The Morgan fingerprint density at radius 2 is 1.70 bits per heavy atom. The van der Waals surface area contributed by atoms with Gasteiger partial charge in [0.05, 0.1) is 0 Å². The van der Waals surface area contributed by atoms with Crippen LogP contribution in [0.2, 0.25) is 0 Å². The molecule has 1 aliphatic heterocycles. The number of carbonyl (C=O) groups excluding carboxylic acids is 2. The van der Waals surface area contributed by atoms with Crippen molar-refractivity contribution < 1.29 is 24.2 Å². The van der Waals surface area contributed by atoms with E-state index in [0.29, 0.717) is 13.0 Å². The average Bonchev–Trinajstić information content (AvgIpc) is 3.15. The van der Waals surface area contributed by atoms with Crippen LogP contribution in [0.4, 0.5) is 4.79 Å². The van der Waals surface area contributed by atoms with Crippen molar-refractivity contribution >= 4 is 18.0 Å². The zero-order chi connectivity index (χ0) is 23.4. The van der Waals surface area contributed by atoms with Crippen molar-refractivity contribution in [1.29, 1.82) is 0 Å². The Hall–Kier alpha value is -3.35. The second kappa shape index (κ2) is 10.1. The Labute approximate surface area is 193 Å². The van der Waals surface area contributed by atoms with Crippen molar-refractivity contribution in [1.82, 2.24) is 10.2 Å². The van der Waals surface area contributed by atoms with Gasteiger partial charge >= 0.3 is 12.1 Å². The molecule has 2 amide bonds. The van der Waals surface area contributed by atoms with E-state index < -0.39 is 18.1 Å². The minimum Gasteiger partial charge on any atom is -0.481 e. The molecule has 0 aromatic heterocycles. The van der Waals surface area contributed by atoms with E-state index >= 15 is 0 Å². The molecular formula is C26H30N2O5. The van der Waals surface area contributed by atoms with E-state index in [2.05, 4.69) is 29.6 Å². The molecule has 2 aromatic carbocycles. The average molecular weight is 451 g/mol. The number of amides is 2. The largest absolute Gasteiger partial charge is 0.481 e. The first kappa shape index (κ1) is 22.8. The summed E-state index contributed by atoms with van der Waals surface area (Å²) in [4.78, 5) is 38.2. The lowest BCUT2D eigenvalue weighted by Crippen LogP contribution is -2.52. The van der Waals surface area contributed by atoms with Gasteiger partial charge < -0.3 is 20.1 Å². The fourth-order valence-corrected chi connectivity index (χ4v) is 5.01. The number of alkyl carbamates (subject to hydrolysis) is 1. The van der Waals surface area contributed by atoms with Gasteiger partial charge in [-0.25, -0.2) is 4.79 Å². The van der Waals surface area contributed by atoms with E-state index in [1.165, 1.54) is 0 Å². The van der Waals surface area contributed by atoms with Gasteiger partial charge in [-0.2, -0.15) is 0 Å². The number of carboxylic acid groups (broad SMARTS) is 1. The zero-order valence-electron chi connectivity index (χ0n) is 18.8. The first-order chi connectivity index (χ1) is 16.0. The van der Waals surface area contributed by atoms with Crippen molar-refractivity contribution in [2.45, 2.75) is 57.0 Å². The minimum atomic E-state index is -0.863. The molecule has 1 unspecified atom stereocenters. The molecule has 2 aromatic rings. The number of aliphatic carboxylic acids is 1. The molecule has 2 aliphatic rings. The number of rotatable bonds is 7. The summed E-state index contributed by atoms with van der Waals surface area (Å²) < 4.78 is 5.56. The Balaban J connectivity index is 1.35. The number of piperidine rings is 1. The van der Waals surface area contributed by atoms with Gasteiger partial charge in [0.2, 0.25) is 5.91 Å². The van der Waals surface area contributed by atoms with Gasteiger partial charge in [-0.3, -0.25) is 9.59 Å². The summed E-state index contributed by atoms with van der Waals surface area (Å²) in [5.74, 6) is -1.10. The quantitative estimate of drug-likeness (QED) is 0.660. The lowest BCUT2D eigenvalue weighted by Gasteiger charge is -2.37. The van der Waals surface area contributed by atoms with Crippen LogP contribution in [0.5, 0.6) is 0 Å². The van der Waals surface area contributed by atoms with Crippen molar-refractivity contribution in [2.24, 2.45) is 0 Å². The Bertz CT molecular complexity index is 991. The lowest BCUT2D eigenvalue weighted by molar-refractivity contribution is -0.140. The van der Waals surface area contributed by atoms with Gasteiger partial charge in [0.25, 0.3) is 0 Å².